The molecular weight excluding hydrogens is 238 g/mol. The van der Waals surface area contributed by atoms with E-state index in [1.807, 2.05) is 12.5 Å². The van der Waals surface area contributed by atoms with Gasteiger partial charge in [0.15, 0.2) is 0 Å². The van der Waals surface area contributed by atoms with E-state index in [0.717, 1.165) is 19.7 Å². The maximum absolute atomic E-state index is 5.06. The van der Waals surface area contributed by atoms with E-state index in [1.165, 1.54) is 31.4 Å². The van der Waals surface area contributed by atoms with E-state index in [4.69, 9.17) is 4.74 Å². The summed E-state index contributed by atoms with van der Waals surface area (Å²) in [6, 6.07) is 0.586. The molecule has 0 amide bonds. The maximum Gasteiger partial charge on any atom is 0.0951 e. The van der Waals surface area contributed by atoms with Crippen molar-refractivity contribution in [2.24, 2.45) is 5.41 Å². The summed E-state index contributed by atoms with van der Waals surface area (Å²) in [5.74, 6) is 0. The standard InChI is InChI=1S/C15H27N3O/c1-15(2)7-5-4-6-14(15)18-12-17-11-13(18)10-16-8-9-19-3/h11-12,14,16H,4-10H2,1-3H3. The lowest BCUT2D eigenvalue weighted by atomic mass is 9.73. The highest BCUT2D eigenvalue weighted by Crippen LogP contribution is 2.44. The highest BCUT2D eigenvalue weighted by atomic mass is 16.5. The molecule has 0 bridgehead atoms. The van der Waals surface area contributed by atoms with Gasteiger partial charge in [-0.15, -0.1) is 0 Å². The first kappa shape index (κ1) is 14.5. The molecule has 0 radical (unpaired) electrons. The Morgan fingerprint density at radius 2 is 2.32 bits per heavy atom. The number of nitrogens with zero attached hydrogens (tertiary/aromatic N) is 2. The van der Waals surface area contributed by atoms with E-state index >= 15 is 0 Å². The Kier molecular flexibility index (Phi) is 4.99. The molecule has 2 rings (SSSR count). The fourth-order valence-electron chi connectivity index (χ4n) is 3.13. The first-order valence-corrected chi connectivity index (χ1v) is 7.35. The largest absolute Gasteiger partial charge is 0.383 e. The summed E-state index contributed by atoms with van der Waals surface area (Å²) < 4.78 is 7.44. The molecule has 0 aromatic carbocycles. The third-order valence-electron chi connectivity index (χ3n) is 4.32. The molecule has 1 aromatic heterocycles. The summed E-state index contributed by atoms with van der Waals surface area (Å²) in [6.45, 7) is 7.28. The zero-order valence-corrected chi connectivity index (χ0v) is 12.5. The van der Waals surface area contributed by atoms with Crippen LogP contribution in [0.4, 0.5) is 0 Å². The second-order valence-electron chi connectivity index (χ2n) is 6.21. The molecular formula is C15H27N3O. The molecule has 1 atom stereocenters. The minimum Gasteiger partial charge on any atom is -0.383 e. The van der Waals surface area contributed by atoms with Crippen molar-refractivity contribution in [1.82, 2.24) is 14.9 Å². The molecule has 1 unspecified atom stereocenters. The van der Waals surface area contributed by atoms with Crippen LogP contribution in [-0.2, 0) is 11.3 Å². The average Bonchev–Trinajstić information content (AvgIpc) is 2.82. The van der Waals surface area contributed by atoms with Gasteiger partial charge in [-0.2, -0.15) is 0 Å². The third kappa shape index (κ3) is 3.57. The van der Waals surface area contributed by atoms with E-state index < -0.39 is 0 Å². The predicted octanol–water partition coefficient (Wildman–Crippen LogP) is 2.76. The first-order valence-electron chi connectivity index (χ1n) is 7.35. The van der Waals surface area contributed by atoms with Crippen LogP contribution < -0.4 is 5.32 Å². The van der Waals surface area contributed by atoms with Crippen molar-refractivity contribution in [3.8, 4) is 0 Å². The smallest absolute Gasteiger partial charge is 0.0951 e. The van der Waals surface area contributed by atoms with Crippen molar-refractivity contribution >= 4 is 0 Å². The van der Waals surface area contributed by atoms with E-state index in [9.17, 15) is 0 Å². The quantitative estimate of drug-likeness (QED) is 0.804. The number of imidazole rings is 1. The Morgan fingerprint density at radius 3 is 3.05 bits per heavy atom. The summed E-state index contributed by atoms with van der Waals surface area (Å²) in [6.07, 6.45) is 9.28. The molecule has 19 heavy (non-hydrogen) atoms. The van der Waals surface area contributed by atoms with Gasteiger partial charge in [-0.3, -0.25) is 0 Å². The first-order chi connectivity index (χ1) is 9.15. The molecule has 1 heterocycles. The lowest BCUT2D eigenvalue weighted by molar-refractivity contribution is 0.141. The van der Waals surface area contributed by atoms with Gasteiger partial charge in [0.05, 0.1) is 18.6 Å². The van der Waals surface area contributed by atoms with Gasteiger partial charge < -0.3 is 14.6 Å². The number of ether oxygens (including phenoxy) is 1. The van der Waals surface area contributed by atoms with Crippen molar-refractivity contribution in [3.05, 3.63) is 18.2 Å². The van der Waals surface area contributed by atoms with Crippen molar-refractivity contribution in [2.75, 3.05) is 20.3 Å². The second-order valence-corrected chi connectivity index (χ2v) is 6.21. The summed E-state index contributed by atoms with van der Waals surface area (Å²) in [4.78, 5) is 4.35. The Hall–Kier alpha value is -0.870. The summed E-state index contributed by atoms with van der Waals surface area (Å²) >= 11 is 0. The van der Waals surface area contributed by atoms with Crippen LogP contribution in [0.5, 0.6) is 0 Å². The number of aromatic nitrogens is 2. The molecule has 0 aliphatic heterocycles. The number of hydrogen-bond donors (Lipinski definition) is 1. The van der Waals surface area contributed by atoms with Gasteiger partial charge in [0, 0.05) is 32.4 Å². The Balaban J connectivity index is 2.01. The molecule has 1 aliphatic carbocycles. The van der Waals surface area contributed by atoms with Gasteiger partial charge in [-0.1, -0.05) is 26.7 Å². The van der Waals surface area contributed by atoms with E-state index in [2.05, 4.69) is 28.7 Å². The fourth-order valence-corrected chi connectivity index (χ4v) is 3.13. The summed E-state index contributed by atoms with van der Waals surface area (Å²) in [7, 11) is 1.73. The predicted molar refractivity (Wildman–Crippen MR) is 77.1 cm³/mol. The Labute approximate surface area is 116 Å². The molecule has 4 heteroatoms. The minimum absolute atomic E-state index is 0.375. The minimum atomic E-state index is 0.375. The lowest BCUT2D eigenvalue weighted by Crippen LogP contribution is -2.32. The Morgan fingerprint density at radius 1 is 1.47 bits per heavy atom. The lowest BCUT2D eigenvalue weighted by Gasteiger charge is -2.40. The molecule has 1 fully saturated rings. The maximum atomic E-state index is 5.06. The van der Waals surface area contributed by atoms with Gasteiger partial charge >= 0.3 is 0 Å². The van der Waals surface area contributed by atoms with Crippen molar-refractivity contribution in [1.29, 1.82) is 0 Å². The van der Waals surface area contributed by atoms with E-state index in [-0.39, 0.29) is 0 Å². The fraction of sp³-hybridized carbons (Fsp3) is 0.800. The zero-order chi connectivity index (χ0) is 13.7. The van der Waals surface area contributed by atoms with Crippen LogP contribution in [0, 0.1) is 5.41 Å². The molecule has 4 nitrogen and oxygen atoms in total. The third-order valence-corrected chi connectivity index (χ3v) is 4.32. The average molecular weight is 265 g/mol. The van der Waals surface area contributed by atoms with Crippen LogP contribution in [0.2, 0.25) is 0 Å². The van der Waals surface area contributed by atoms with Crippen LogP contribution in [0.25, 0.3) is 0 Å². The number of nitrogens with one attached hydrogen (secondary N) is 1. The SMILES string of the molecule is COCCNCc1cncn1C1CCCCC1(C)C. The van der Waals surface area contributed by atoms with Crippen molar-refractivity contribution in [3.63, 3.8) is 0 Å². The Bertz CT molecular complexity index is 386. The number of rotatable bonds is 6. The van der Waals surface area contributed by atoms with Crippen LogP contribution >= 0.6 is 0 Å². The highest BCUT2D eigenvalue weighted by molar-refractivity contribution is 5.03. The van der Waals surface area contributed by atoms with E-state index in [0.29, 0.717) is 11.5 Å². The molecule has 1 aromatic rings. The van der Waals surface area contributed by atoms with Gasteiger partial charge in [-0.05, 0) is 18.3 Å². The van der Waals surface area contributed by atoms with Crippen molar-refractivity contribution in [2.45, 2.75) is 52.1 Å². The monoisotopic (exact) mass is 265 g/mol. The summed E-state index contributed by atoms with van der Waals surface area (Å²) in [5, 5.41) is 3.41. The molecule has 1 saturated carbocycles. The van der Waals surface area contributed by atoms with Crippen LogP contribution in [0.15, 0.2) is 12.5 Å². The number of hydrogen-bond acceptors (Lipinski definition) is 3. The van der Waals surface area contributed by atoms with Crippen molar-refractivity contribution < 1.29 is 4.74 Å². The van der Waals surface area contributed by atoms with Gasteiger partial charge in [0.2, 0.25) is 0 Å². The molecule has 1 aliphatic rings. The van der Waals surface area contributed by atoms with Crippen LogP contribution in [0.1, 0.15) is 51.3 Å². The second kappa shape index (κ2) is 6.53. The van der Waals surface area contributed by atoms with Gasteiger partial charge in [0.25, 0.3) is 0 Å². The van der Waals surface area contributed by atoms with Crippen LogP contribution in [0.3, 0.4) is 0 Å². The van der Waals surface area contributed by atoms with E-state index in [1.54, 1.807) is 7.11 Å². The molecule has 0 spiro atoms. The molecule has 0 saturated heterocycles. The zero-order valence-electron chi connectivity index (χ0n) is 12.5. The number of methoxy groups -OCH3 is 1. The summed E-state index contributed by atoms with van der Waals surface area (Å²) in [5.41, 5.74) is 1.66. The van der Waals surface area contributed by atoms with Gasteiger partial charge in [-0.25, -0.2) is 4.98 Å². The normalized spacial score (nSPS) is 22.6. The topological polar surface area (TPSA) is 39.1 Å². The van der Waals surface area contributed by atoms with Gasteiger partial charge in [0.1, 0.15) is 0 Å². The van der Waals surface area contributed by atoms with Crippen LogP contribution in [-0.4, -0.2) is 29.8 Å². The molecule has 1 N–H and O–H groups in total. The highest BCUT2D eigenvalue weighted by Gasteiger charge is 2.34. The molecule has 108 valence electrons.